The number of nitrogens with one attached hydrogen (secondary N) is 1. The van der Waals surface area contributed by atoms with Gasteiger partial charge in [0.05, 0.1) is 10.0 Å². The van der Waals surface area contributed by atoms with E-state index in [0.717, 1.165) is 0 Å². The van der Waals surface area contributed by atoms with Crippen molar-refractivity contribution in [1.82, 2.24) is 0 Å². The number of halogens is 3. The second-order valence-corrected chi connectivity index (χ2v) is 4.97. The topological polar surface area (TPSA) is 64.3 Å². The molecule has 0 bridgehead atoms. The molecule has 110 valence electrons. The summed E-state index contributed by atoms with van der Waals surface area (Å²) in [6.45, 7) is -0.291. The van der Waals surface area contributed by atoms with Gasteiger partial charge in [0.25, 0.3) is 5.91 Å². The summed E-state index contributed by atoms with van der Waals surface area (Å²) in [5.41, 5.74) is 6.42. The van der Waals surface area contributed by atoms with E-state index in [1.54, 1.807) is 0 Å². The quantitative estimate of drug-likeness (QED) is 0.840. The zero-order chi connectivity index (χ0) is 15.4. The van der Waals surface area contributed by atoms with Crippen LogP contribution in [0, 0.1) is 5.82 Å². The Labute approximate surface area is 130 Å². The van der Waals surface area contributed by atoms with Gasteiger partial charge in [0.2, 0.25) is 0 Å². The first-order valence-corrected chi connectivity index (χ1v) is 6.64. The van der Waals surface area contributed by atoms with Crippen LogP contribution in [0.2, 0.25) is 10.0 Å². The number of benzene rings is 2. The van der Waals surface area contributed by atoms with Gasteiger partial charge in [-0.3, -0.25) is 4.79 Å². The van der Waals surface area contributed by atoms with Crippen molar-refractivity contribution in [3.05, 3.63) is 52.3 Å². The Morgan fingerprint density at radius 1 is 1.19 bits per heavy atom. The van der Waals surface area contributed by atoms with Gasteiger partial charge in [-0.15, -0.1) is 0 Å². The van der Waals surface area contributed by atoms with Crippen molar-refractivity contribution in [3.63, 3.8) is 0 Å². The lowest BCUT2D eigenvalue weighted by atomic mass is 10.3. The van der Waals surface area contributed by atoms with Gasteiger partial charge in [0.15, 0.2) is 12.4 Å². The van der Waals surface area contributed by atoms with Gasteiger partial charge >= 0.3 is 0 Å². The van der Waals surface area contributed by atoms with Crippen LogP contribution in [-0.2, 0) is 4.79 Å². The van der Waals surface area contributed by atoms with E-state index in [-0.39, 0.29) is 28.2 Å². The molecule has 4 nitrogen and oxygen atoms in total. The molecule has 2 aromatic carbocycles. The van der Waals surface area contributed by atoms with Crippen molar-refractivity contribution >= 4 is 40.5 Å². The average Bonchev–Trinajstić information content (AvgIpc) is 2.40. The molecule has 2 aromatic rings. The highest BCUT2D eigenvalue weighted by atomic mass is 35.5. The van der Waals surface area contributed by atoms with Gasteiger partial charge < -0.3 is 15.8 Å². The number of nitrogen functional groups attached to an aromatic ring is 1. The molecule has 0 aromatic heterocycles. The highest BCUT2D eigenvalue weighted by Gasteiger charge is 2.11. The monoisotopic (exact) mass is 328 g/mol. The van der Waals surface area contributed by atoms with E-state index in [0.29, 0.717) is 11.4 Å². The molecule has 0 aliphatic heterocycles. The fourth-order valence-corrected chi connectivity index (χ4v) is 2.20. The Morgan fingerprint density at radius 3 is 2.33 bits per heavy atom. The summed E-state index contributed by atoms with van der Waals surface area (Å²) in [6, 6.07) is 8.31. The molecule has 0 radical (unpaired) electrons. The van der Waals surface area contributed by atoms with Crippen LogP contribution in [0.4, 0.5) is 15.8 Å². The number of hydrogen-bond donors (Lipinski definition) is 2. The van der Waals surface area contributed by atoms with Crippen molar-refractivity contribution in [1.29, 1.82) is 0 Å². The average molecular weight is 329 g/mol. The standard InChI is InChI=1S/C14H11Cl2FN2O2/c15-11-5-9(18)6-12(16)14(11)21-7-13(20)19-10-3-1-8(17)2-4-10/h1-6H,7,18H2,(H,19,20). The zero-order valence-corrected chi connectivity index (χ0v) is 12.2. The lowest BCUT2D eigenvalue weighted by Crippen LogP contribution is -2.20. The lowest BCUT2D eigenvalue weighted by molar-refractivity contribution is -0.118. The lowest BCUT2D eigenvalue weighted by Gasteiger charge is -2.11. The third-order valence-corrected chi connectivity index (χ3v) is 3.06. The number of ether oxygens (including phenoxy) is 1. The first kappa shape index (κ1) is 15.4. The molecule has 3 N–H and O–H groups in total. The van der Waals surface area contributed by atoms with E-state index >= 15 is 0 Å². The number of carbonyl (C=O) groups is 1. The van der Waals surface area contributed by atoms with Gasteiger partial charge in [-0.05, 0) is 36.4 Å². The van der Waals surface area contributed by atoms with Crippen molar-refractivity contribution in [3.8, 4) is 5.75 Å². The number of carbonyl (C=O) groups excluding carboxylic acids is 1. The van der Waals surface area contributed by atoms with Gasteiger partial charge in [0.1, 0.15) is 5.82 Å². The van der Waals surface area contributed by atoms with E-state index in [1.165, 1.54) is 36.4 Å². The van der Waals surface area contributed by atoms with Gasteiger partial charge in [0, 0.05) is 11.4 Å². The number of amides is 1. The molecule has 0 aliphatic carbocycles. The highest BCUT2D eigenvalue weighted by molar-refractivity contribution is 6.37. The number of anilines is 2. The molecule has 21 heavy (non-hydrogen) atoms. The highest BCUT2D eigenvalue weighted by Crippen LogP contribution is 2.34. The van der Waals surface area contributed by atoms with Crippen LogP contribution >= 0.6 is 23.2 Å². The predicted molar refractivity (Wildman–Crippen MR) is 81.4 cm³/mol. The summed E-state index contributed by atoms with van der Waals surface area (Å²) >= 11 is 11.9. The SMILES string of the molecule is Nc1cc(Cl)c(OCC(=O)Nc2ccc(F)cc2)c(Cl)c1. The minimum Gasteiger partial charge on any atom is -0.481 e. The number of rotatable bonds is 4. The Bertz CT molecular complexity index is 640. The third-order valence-electron chi connectivity index (χ3n) is 2.50. The molecular formula is C14H11Cl2FN2O2. The summed E-state index contributed by atoms with van der Waals surface area (Å²) in [6.07, 6.45) is 0. The van der Waals surface area contributed by atoms with Crippen LogP contribution < -0.4 is 15.8 Å². The first-order valence-electron chi connectivity index (χ1n) is 5.88. The summed E-state index contributed by atoms with van der Waals surface area (Å²) < 4.78 is 18.0. The molecule has 1 amide bonds. The number of hydrogen-bond acceptors (Lipinski definition) is 3. The van der Waals surface area contributed by atoms with E-state index < -0.39 is 5.91 Å². The molecule has 7 heteroatoms. The molecule has 0 heterocycles. The maximum absolute atomic E-state index is 12.7. The van der Waals surface area contributed by atoms with Crippen LogP contribution in [0.5, 0.6) is 5.75 Å². The smallest absolute Gasteiger partial charge is 0.262 e. The van der Waals surface area contributed by atoms with E-state index in [1.807, 2.05) is 0 Å². The predicted octanol–water partition coefficient (Wildman–Crippen LogP) is 3.73. The maximum atomic E-state index is 12.7. The summed E-state index contributed by atoms with van der Waals surface area (Å²) in [5.74, 6) is -0.628. The first-order chi connectivity index (χ1) is 9.95. The second kappa shape index (κ2) is 6.65. The van der Waals surface area contributed by atoms with E-state index in [4.69, 9.17) is 33.7 Å². The second-order valence-electron chi connectivity index (χ2n) is 4.16. The van der Waals surface area contributed by atoms with E-state index in [9.17, 15) is 9.18 Å². The normalized spacial score (nSPS) is 10.2. The van der Waals surface area contributed by atoms with Crippen molar-refractivity contribution in [2.24, 2.45) is 0 Å². The zero-order valence-electron chi connectivity index (χ0n) is 10.7. The maximum Gasteiger partial charge on any atom is 0.262 e. The van der Waals surface area contributed by atoms with E-state index in [2.05, 4.69) is 5.32 Å². The summed E-state index contributed by atoms with van der Waals surface area (Å²) in [5, 5.41) is 2.98. The van der Waals surface area contributed by atoms with Crippen molar-refractivity contribution < 1.29 is 13.9 Å². The Hall–Kier alpha value is -1.98. The minimum atomic E-state index is -0.425. The third kappa shape index (κ3) is 4.24. The fraction of sp³-hybridized carbons (Fsp3) is 0.0714. The fourth-order valence-electron chi connectivity index (χ4n) is 1.59. The van der Waals surface area contributed by atoms with Gasteiger partial charge in [-0.1, -0.05) is 23.2 Å². The Balaban J connectivity index is 1.97. The molecule has 0 aliphatic rings. The van der Waals surface area contributed by atoms with Crippen LogP contribution in [0.3, 0.4) is 0 Å². The molecular weight excluding hydrogens is 318 g/mol. The Morgan fingerprint density at radius 2 is 1.76 bits per heavy atom. The van der Waals surface area contributed by atoms with Crippen molar-refractivity contribution in [2.75, 3.05) is 17.7 Å². The molecule has 2 rings (SSSR count). The molecule has 0 spiro atoms. The Kier molecular flexibility index (Phi) is 4.88. The molecule has 0 fully saturated rings. The minimum absolute atomic E-state index is 0.182. The van der Waals surface area contributed by atoms with Gasteiger partial charge in [-0.2, -0.15) is 0 Å². The van der Waals surface area contributed by atoms with Gasteiger partial charge in [-0.25, -0.2) is 4.39 Å². The molecule has 0 atom stereocenters. The molecule has 0 saturated heterocycles. The summed E-state index contributed by atoms with van der Waals surface area (Å²) in [4.78, 5) is 11.7. The van der Waals surface area contributed by atoms with Crippen LogP contribution in [0.15, 0.2) is 36.4 Å². The van der Waals surface area contributed by atoms with Crippen LogP contribution in [-0.4, -0.2) is 12.5 Å². The largest absolute Gasteiger partial charge is 0.481 e. The van der Waals surface area contributed by atoms with Crippen LogP contribution in [0.25, 0.3) is 0 Å². The van der Waals surface area contributed by atoms with Crippen molar-refractivity contribution in [2.45, 2.75) is 0 Å². The van der Waals surface area contributed by atoms with Crippen LogP contribution in [0.1, 0.15) is 0 Å². The molecule has 0 unspecified atom stereocenters. The number of nitrogens with two attached hydrogens (primary N) is 1. The summed E-state index contributed by atoms with van der Waals surface area (Å²) in [7, 11) is 0. The molecule has 0 saturated carbocycles.